The van der Waals surface area contributed by atoms with Crippen LogP contribution in [0.15, 0.2) is 54.9 Å². The van der Waals surface area contributed by atoms with Crippen molar-refractivity contribution in [3.8, 4) is 0 Å². The number of hydrogen-bond acceptors (Lipinski definition) is 3. The second kappa shape index (κ2) is 8.47. The second-order valence-corrected chi connectivity index (χ2v) is 9.40. The molecule has 1 amide bonds. The molecule has 2 aromatic rings. The lowest BCUT2D eigenvalue weighted by molar-refractivity contribution is -0.132. The minimum absolute atomic E-state index is 0.123. The Bertz CT molecular complexity index is 751. The number of aromatic nitrogens is 1. The van der Waals surface area contributed by atoms with Crippen LogP contribution in [0.4, 0.5) is 0 Å². The molecule has 27 heavy (non-hydrogen) atoms. The highest BCUT2D eigenvalue weighted by Crippen LogP contribution is 2.49. The number of nitrogens with zero attached hydrogens (tertiary/aromatic N) is 2. The lowest BCUT2D eigenvalue weighted by Gasteiger charge is -2.43. The SMILES string of the molecule is O=C1CC2(CCCCC2Cc2ccccc2)SCCN1Cc1ccncc1. The molecule has 0 radical (unpaired) electrons. The predicted molar refractivity (Wildman–Crippen MR) is 112 cm³/mol. The number of rotatable bonds is 4. The van der Waals surface area contributed by atoms with E-state index in [1.807, 2.05) is 24.5 Å². The quantitative estimate of drug-likeness (QED) is 0.769. The van der Waals surface area contributed by atoms with Crippen molar-refractivity contribution in [2.75, 3.05) is 12.3 Å². The molecule has 0 bridgehead atoms. The number of benzene rings is 1. The van der Waals surface area contributed by atoms with E-state index in [1.165, 1.54) is 36.8 Å². The molecule has 2 aliphatic rings. The molecule has 1 aliphatic heterocycles. The monoisotopic (exact) mass is 380 g/mol. The van der Waals surface area contributed by atoms with E-state index in [0.29, 0.717) is 24.8 Å². The lowest BCUT2D eigenvalue weighted by atomic mass is 9.73. The van der Waals surface area contributed by atoms with Gasteiger partial charge in [0.2, 0.25) is 5.91 Å². The molecular formula is C23H28N2OS. The van der Waals surface area contributed by atoms with E-state index in [9.17, 15) is 4.79 Å². The van der Waals surface area contributed by atoms with Gasteiger partial charge in [0, 0.05) is 42.4 Å². The van der Waals surface area contributed by atoms with Gasteiger partial charge in [0.05, 0.1) is 0 Å². The minimum Gasteiger partial charge on any atom is -0.337 e. The Hall–Kier alpha value is -1.81. The van der Waals surface area contributed by atoms with Crippen LogP contribution in [0.25, 0.3) is 0 Å². The fourth-order valence-corrected chi connectivity index (χ4v) is 6.34. The van der Waals surface area contributed by atoms with Crippen LogP contribution in [0.2, 0.25) is 0 Å². The van der Waals surface area contributed by atoms with Crippen LogP contribution >= 0.6 is 11.8 Å². The number of amides is 1. The molecule has 3 nitrogen and oxygen atoms in total. The van der Waals surface area contributed by atoms with Crippen molar-refractivity contribution in [1.29, 1.82) is 0 Å². The molecule has 1 aliphatic carbocycles. The van der Waals surface area contributed by atoms with Crippen molar-refractivity contribution in [3.63, 3.8) is 0 Å². The van der Waals surface area contributed by atoms with E-state index in [0.717, 1.165) is 18.7 Å². The zero-order valence-corrected chi connectivity index (χ0v) is 16.7. The molecule has 1 spiro atoms. The summed E-state index contributed by atoms with van der Waals surface area (Å²) in [5.41, 5.74) is 2.58. The Labute approximate surface area is 166 Å². The first kappa shape index (κ1) is 18.5. The summed E-state index contributed by atoms with van der Waals surface area (Å²) in [4.78, 5) is 19.3. The van der Waals surface area contributed by atoms with Crippen LogP contribution in [0.3, 0.4) is 0 Å². The van der Waals surface area contributed by atoms with Gasteiger partial charge in [-0.15, -0.1) is 0 Å². The van der Waals surface area contributed by atoms with Crippen LogP contribution in [-0.2, 0) is 17.8 Å². The fraction of sp³-hybridized carbons (Fsp3) is 0.478. The highest BCUT2D eigenvalue weighted by molar-refractivity contribution is 8.00. The summed E-state index contributed by atoms with van der Waals surface area (Å²) in [5, 5.41) is 0. The highest BCUT2D eigenvalue weighted by Gasteiger charge is 2.44. The van der Waals surface area contributed by atoms with Crippen LogP contribution < -0.4 is 0 Å². The van der Waals surface area contributed by atoms with Crippen molar-refractivity contribution in [1.82, 2.24) is 9.88 Å². The minimum atomic E-state index is 0.123. The summed E-state index contributed by atoms with van der Waals surface area (Å²) in [6, 6.07) is 14.8. The Balaban J connectivity index is 1.50. The van der Waals surface area contributed by atoms with E-state index in [1.54, 1.807) is 0 Å². The molecule has 4 heteroatoms. The Morgan fingerprint density at radius 1 is 1.07 bits per heavy atom. The third-order valence-corrected chi connectivity index (χ3v) is 7.79. The zero-order valence-electron chi connectivity index (χ0n) is 15.8. The molecule has 4 rings (SSSR count). The first-order chi connectivity index (χ1) is 13.3. The van der Waals surface area contributed by atoms with E-state index in [4.69, 9.17) is 0 Å². The van der Waals surface area contributed by atoms with Crippen LogP contribution in [0.1, 0.15) is 43.2 Å². The van der Waals surface area contributed by atoms with Crippen molar-refractivity contribution in [3.05, 3.63) is 66.0 Å². The second-order valence-electron chi connectivity index (χ2n) is 7.89. The van der Waals surface area contributed by atoms with Crippen LogP contribution in [-0.4, -0.2) is 32.8 Å². The molecule has 2 unspecified atom stereocenters. The maximum absolute atomic E-state index is 13.2. The Morgan fingerprint density at radius 3 is 2.70 bits per heavy atom. The molecule has 1 saturated carbocycles. The third-order valence-electron chi connectivity index (χ3n) is 6.15. The summed E-state index contributed by atoms with van der Waals surface area (Å²) < 4.78 is 0.123. The van der Waals surface area contributed by atoms with Gasteiger partial charge in [0.1, 0.15) is 0 Å². The fourth-order valence-electron chi connectivity index (χ4n) is 4.67. The van der Waals surface area contributed by atoms with E-state index in [-0.39, 0.29) is 4.75 Å². The van der Waals surface area contributed by atoms with Crippen molar-refractivity contribution in [2.45, 2.75) is 49.8 Å². The average Bonchev–Trinajstić information content (AvgIpc) is 2.85. The maximum Gasteiger partial charge on any atom is 0.224 e. The molecule has 1 saturated heterocycles. The topological polar surface area (TPSA) is 33.2 Å². The number of pyridine rings is 1. The Morgan fingerprint density at radius 2 is 1.89 bits per heavy atom. The van der Waals surface area contributed by atoms with Gasteiger partial charge >= 0.3 is 0 Å². The average molecular weight is 381 g/mol. The molecular weight excluding hydrogens is 352 g/mol. The van der Waals surface area contributed by atoms with Gasteiger partial charge in [0.15, 0.2) is 0 Å². The molecule has 2 fully saturated rings. The largest absolute Gasteiger partial charge is 0.337 e. The summed E-state index contributed by atoms with van der Waals surface area (Å²) in [6.07, 6.45) is 10.4. The summed E-state index contributed by atoms with van der Waals surface area (Å²) in [6.45, 7) is 1.56. The van der Waals surface area contributed by atoms with Gasteiger partial charge in [-0.3, -0.25) is 9.78 Å². The number of carbonyl (C=O) groups excluding carboxylic acids is 1. The van der Waals surface area contributed by atoms with Crippen LogP contribution in [0, 0.1) is 5.92 Å². The molecule has 0 N–H and O–H groups in total. The molecule has 1 aromatic carbocycles. The third kappa shape index (κ3) is 4.37. The van der Waals surface area contributed by atoms with Gasteiger partial charge in [-0.2, -0.15) is 11.8 Å². The Kier molecular flexibility index (Phi) is 5.82. The lowest BCUT2D eigenvalue weighted by Crippen LogP contribution is -2.42. The van der Waals surface area contributed by atoms with Gasteiger partial charge in [0.25, 0.3) is 0 Å². The van der Waals surface area contributed by atoms with Gasteiger partial charge in [-0.05, 0) is 48.4 Å². The smallest absolute Gasteiger partial charge is 0.224 e. The van der Waals surface area contributed by atoms with Crippen molar-refractivity contribution in [2.24, 2.45) is 5.92 Å². The summed E-state index contributed by atoms with van der Waals surface area (Å²) in [7, 11) is 0. The maximum atomic E-state index is 13.2. The normalized spacial score (nSPS) is 26.1. The molecule has 142 valence electrons. The zero-order chi connectivity index (χ0) is 18.5. The number of thioether (sulfide) groups is 1. The number of hydrogen-bond donors (Lipinski definition) is 0. The molecule has 1 aromatic heterocycles. The highest BCUT2D eigenvalue weighted by atomic mass is 32.2. The van der Waals surface area contributed by atoms with Crippen molar-refractivity contribution >= 4 is 17.7 Å². The summed E-state index contributed by atoms with van der Waals surface area (Å²) in [5.74, 6) is 1.97. The predicted octanol–water partition coefficient (Wildman–Crippen LogP) is 4.72. The first-order valence-electron chi connectivity index (χ1n) is 10.1. The molecule has 2 atom stereocenters. The van der Waals surface area contributed by atoms with Crippen molar-refractivity contribution < 1.29 is 4.79 Å². The standard InChI is InChI=1S/C23H28N2OS/c26-22-17-23(27-15-14-25(22)18-20-9-12-24-13-10-20)11-5-4-8-21(23)16-19-6-2-1-3-7-19/h1-3,6-7,9-10,12-13,21H,4-5,8,11,14-18H2. The van der Waals surface area contributed by atoms with Gasteiger partial charge < -0.3 is 4.90 Å². The summed E-state index contributed by atoms with van der Waals surface area (Å²) >= 11 is 2.08. The van der Waals surface area contributed by atoms with E-state index >= 15 is 0 Å². The first-order valence-corrected chi connectivity index (χ1v) is 11.1. The van der Waals surface area contributed by atoms with Crippen LogP contribution in [0.5, 0.6) is 0 Å². The van der Waals surface area contributed by atoms with E-state index in [2.05, 4.69) is 52.0 Å². The number of carbonyl (C=O) groups is 1. The van der Waals surface area contributed by atoms with Gasteiger partial charge in [-0.25, -0.2) is 0 Å². The molecule has 2 heterocycles. The van der Waals surface area contributed by atoms with Gasteiger partial charge in [-0.1, -0.05) is 43.2 Å². The van der Waals surface area contributed by atoms with E-state index < -0.39 is 0 Å².